The molecule has 0 aliphatic heterocycles. The molecule has 5 heteroatoms. The second kappa shape index (κ2) is 4.25. The average Bonchev–Trinajstić information content (AvgIpc) is 2.66. The second-order valence-electron chi connectivity index (χ2n) is 3.91. The highest BCUT2D eigenvalue weighted by Crippen LogP contribution is 2.20. The molecule has 0 saturated carbocycles. The van der Waals surface area contributed by atoms with E-state index >= 15 is 0 Å². The molecule has 0 bridgehead atoms. The van der Waals surface area contributed by atoms with Crippen LogP contribution in [0.25, 0.3) is 5.82 Å². The van der Waals surface area contributed by atoms with E-state index < -0.39 is 0 Å². The first-order chi connectivity index (χ1) is 7.58. The van der Waals surface area contributed by atoms with Crippen molar-refractivity contribution in [3.8, 4) is 5.82 Å². The molecule has 0 aliphatic carbocycles. The normalized spacial score (nSPS) is 11.0. The SMILES string of the molecule is CC(C)c1ccn(-c2ncc(Br)cc2N)n1. The van der Waals surface area contributed by atoms with Gasteiger partial charge in [0.15, 0.2) is 5.82 Å². The standard InChI is InChI=1S/C11H13BrN4/c1-7(2)10-3-4-16(15-10)11-9(13)5-8(12)6-14-11/h3-7H,13H2,1-2H3. The molecule has 0 amide bonds. The van der Waals surface area contributed by atoms with Gasteiger partial charge in [0.25, 0.3) is 0 Å². The molecule has 0 unspecified atom stereocenters. The van der Waals surface area contributed by atoms with Gasteiger partial charge in [0.1, 0.15) is 0 Å². The van der Waals surface area contributed by atoms with E-state index in [4.69, 9.17) is 5.73 Å². The third-order valence-corrected chi connectivity index (χ3v) is 2.71. The first-order valence-electron chi connectivity index (χ1n) is 5.05. The lowest BCUT2D eigenvalue weighted by molar-refractivity contribution is 0.759. The largest absolute Gasteiger partial charge is 0.396 e. The van der Waals surface area contributed by atoms with Gasteiger partial charge in [-0.05, 0) is 34.0 Å². The van der Waals surface area contributed by atoms with E-state index in [0.29, 0.717) is 17.4 Å². The van der Waals surface area contributed by atoms with Crippen molar-refractivity contribution < 1.29 is 0 Å². The minimum absolute atomic E-state index is 0.401. The summed E-state index contributed by atoms with van der Waals surface area (Å²) >= 11 is 3.33. The lowest BCUT2D eigenvalue weighted by Gasteiger charge is -2.05. The zero-order valence-electron chi connectivity index (χ0n) is 9.18. The molecule has 0 spiro atoms. The highest BCUT2D eigenvalue weighted by Gasteiger charge is 2.08. The molecule has 2 rings (SSSR count). The number of hydrogen-bond acceptors (Lipinski definition) is 3. The fourth-order valence-corrected chi connectivity index (χ4v) is 1.75. The van der Waals surface area contributed by atoms with Crippen molar-refractivity contribution in [3.05, 3.63) is 34.7 Å². The number of aromatic nitrogens is 3. The zero-order chi connectivity index (χ0) is 11.7. The van der Waals surface area contributed by atoms with Gasteiger partial charge in [0, 0.05) is 16.9 Å². The summed E-state index contributed by atoms with van der Waals surface area (Å²) < 4.78 is 2.57. The fraction of sp³-hybridized carbons (Fsp3) is 0.273. The topological polar surface area (TPSA) is 56.7 Å². The van der Waals surface area contributed by atoms with Gasteiger partial charge in [-0.1, -0.05) is 13.8 Å². The average molecular weight is 281 g/mol. The number of halogens is 1. The van der Waals surface area contributed by atoms with Crippen LogP contribution in [0.15, 0.2) is 29.0 Å². The molecular weight excluding hydrogens is 268 g/mol. The van der Waals surface area contributed by atoms with Crippen LogP contribution in [0.4, 0.5) is 5.69 Å². The van der Waals surface area contributed by atoms with Crippen LogP contribution in [0.2, 0.25) is 0 Å². The molecule has 84 valence electrons. The maximum atomic E-state index is 5.89. The molecule has 0 atom stereocenters. The van der Waals surface area contributed by atoms with Crippen molar-refractivity contribution in [2.75, 3.05) is 5.73 Å². The van der Waals surface area contributed by atoms with Crippen LogP contribution in [0.5, 0.6) is 0 Å². The van der Waals surface area contributed by atoms with Gasteiger partial charge in [-0.15, -0.1) is 0 Å². The third-order valence-electron chi connectivity index (χ3n) is 2.28. The van der Waals surface area contributed by atoms with Gasteiger partial charge in [-0.25, -0.2) is 9.67 Å². The van der Waals surface area contributed by atoms with Crippen LogP contribution in [0.3, 0.4) is 0 Å². The van der Waals surface area contributed by atoms with Crippen LogP contribution in [0, 0.1) is 0 Å². The highest BCUT2D eigenvalue weighted by molar-refractivity contribution is 9.10. The monoisotopic (exact) mass is 280 g/mol. The van der Waals surface area contributed by atoms with E-state index in [1.807, 2.05) is 18.3 Å². The van der Waals surface area contributed by atoms with E-state index in [9.17, 15) is 0 Å². The summed E-state index contributed by atoms with van der Waals surface area (Å²) in [5.74, 6) is 1.06. The molecule has 2 N–H and O–H groups in total. The molecule has 0 aromatic carbocycles. The van der Waals surface area contributed by atoms with Crippen LogP contribution < -0.4 is 5.73 Å². The van der Waals surface area contributed by atoms with Gasteiger partial charge in [-0.3, -0.25) is 0 Å². The van der Waals surface area contributed by atoms with E-state index in [-0.39, 0.29) is 0 Å². The molecule has 0 radical (unpaired) electrons. The van der Waals surface area contributed by atoms with Crippen molar-refractivity contribution in [1.82, 2.24) is 14.8 Å². The number of nitrogens with two attached hydrogens (primary N) is 1. The summed E-state index contributed by atoms with van der Waals surface area (Å²) in [6.07, 6.45) is 3.59. The Labute approximate surface area is 103 Å². The molecule has 4 nitrogen and oxygen atoms in total. The zero-order valence-corrected chi connectivity index (χ0v) is 10.8. The number of hydrogen-bond donors (Lipinski definition) is 1. The second-order valence-corrected chi connectivity index (χ2v) is 4.82. The van der Waals surface area contributed by atoms with Crippen molar-refractivity contribution in [2.45, 2.75) is 19.8 Å². The van der Waals surface area contributed by atoms with Gasteiger partial charge in [-0.2, -0.15) is 5.10 Å². The summed E-state index contributed by atoms with van der Waals surface area (Å²) in [6, 6.07) is 3.80. The highest BCUT2D eigenvalue weighted by atomic mass is 79.9. The van der Waals surface area contributed by atoms with Crippen LogP contribution in [0.1, 0.15) is 25.5 Å². The molecule has 2 aromatic heterocycles. The Balaban J connectivity index is 2.42. The Morgan fingerprint density at radius 1 is 1.44 bits per heavy atom. The summed E-state index contributed by atoms with van der Waals surface area (Å²) in [6.45, 7) is 4.20. The summed E-state index contributed by atoms with van der Waals surface area (Å²) in [7, 11) is 0. The predicted molar refractivity (Wildman–Crippen MR) is 67.6 cm³/mol. The number of anilines is 1. The number of nitrogen functional groups attached to an aromatic ring is 1. The van der Waals surface area contributed by atoms with E-state index in [1.54, 1.807) is 10.9 Å². The molecule has 0 saturated heterocycles. The lowest BCUT2D eigenvalue weighted by Crippen LogP contribution is -2.04. The summed E-state index contributed by atoms with van der Waals surface area (Å²) in [5.41, 5.74) is 7.52. The first-order valence-corrected chi connectivity index (χ1v) is 5.84. The number of nitrogens with zero attached hydrogens (tertiary/aromatic N) is 3. The summed E-state index contributed by atoms with van der Waals surface area (Å²) in [5, 5.41) is 4.43. The molecule has 2 aromatic rings. The van der Waals surface area contributed by atoms with E-state index in [2.05, 4.69) is 39.9 Å². The smallest absolute Gasteiger partial charge is 0.176 e. The minimum atomic E-state index is 0.401. The molecule has 16 heavy (non-hydrogen) atoms. The van der Waals surface area contributed by atoms with Crippen molar-refractivity contribution >= 4 is 21.6 Å². The van der Waals surface area contributed by atoms with Crippen molar-refractivity contribution in [2.24, 2.45) is 0 Å². The molecular formula is C11H13BrN4. The predicted octanol–water partition coefficient (Wildman–Crippen LogP) is 2.74. The van der Waals surface area contributed by atoms with Gasteiger partial charge in [0.2, 0.25) is 0 Å². The van der Waals surface area contributed by atoms with Gasteiger partial charge in [0.05, 0.1) is 11.4 Å². The van der Waals surface area contributed by atoms with E-state index in [1.165, 1.54) is 0 Å². The number of pyridine rings is 1. The summed E-state index contributed by atoms with van der Waals surface area (Å²) in [4.78, 5) is 4.25. The Morgan fingerprint density at radius 2 is 2.19 bits per heavy atom. The van der Waals surface area contributed by atoms with Crippen molar-refractivity contribution in [3.63, 3.8) is 0 Å². The Bertz CT molecular complexity index is 504. The minimum Gasteiger partial charge on any atom is -0.396 e. The van der Waals surface area contributed by atoms with Crippen LogP contribution in [-0.4, -0.2) is 14.8 Å². The molecule has 2 heterocycles. The molecule has 0 fully saturated rings. The van der Waals surface area contributed by atoms with Crippen molar-refractivity contribution in [1.29, 1.82) is 0 Å². The van der Waals surface area contributed by atoms with Gasteiger partial charge >= 0.3 is 0 Å². The van der Waals surface area contributed by atoms with E-state index in [0.717, 1.165) is 10.2 Å². The maximum Gasteiger partial charge on any atom is 0.176 e. The first kappa shape index (κ1) is 11.1. The third kappa shape index (κ3) is 2.09. The maximum absolute atomic E-state index is 5.89. The van der Waals surface area contributed by atoms with Crippen LogP contribution in [-0.2, 0) is 0 Å². The lowest BCUT2D eigenvalue weighted by atomic mass is 10.1. The fourth-order valence-electron chi connectivity index (χ4n) is 1.40. The van der Waals surface area contributed by atoms with Crippen LogP contribution >= 0.6 is 15.9 Å². The quantitative estimate of drug-likeness (QED) is 0.920. The van der Waals surface area contributed by atoms with Gasteiger partial charge < -0.3 is 5.73 Å². The number of rotatable bonds is 2. The molecule has 0 aliphatic rings. The Hall–Kier alpha value is -1.36. The Kier molecular flexibility index (Phi) is 2.96. The Morgan fingerprint density at radius 3 is 2.75 bits per heavy atom.